The van der Waals surface area contributed by atoms with E-state index in [2.05, 4.69) is 15.6 Å². The zero-order valence-electron chi connectivity index (χ0n) is 16.4. The first-order valence-electron chi connectivity index (χ1n) is 8.67. The van der Waals surface area contributed by atoms with Gasteiger partial charge < -0.3 is 20.4 Å². The minimum absolute atomic E-state index is 0.105. The van der Waals surface area contributed by atoms with Crippen LogP contribution in [0.15, 0.2) is 29.3 Å². The minimum Gasteiger partial charge on any atom is -0.357 e. The Bertz CT molecular complexity index is 687. The highest BCUT2D eigenvalue weighted by Gasteiger charge is 2.31. The highest BCUT2D eigenvalue weighted by molar-refractivity contribution is 5.93. The summed E-state index contributed by atoms with van der Waals surface area (Å²) in [6.07, 6.45) is -4.44. The zero-order chi connectivity index (χ0) is 21.3. The molecule has 0 heterocycles. The number of carbonyl (C=O) groups excluding carboxylic acids is 2. The van der Waals surface area contributed by atoms with Crippen molar-refractivity contribution < 1.29 is 22.8 Å². The quantitative estimate of drug-likeness (QED) is 0.536. The number of nitrogens with one attached hydrogen (secondary N) is 2. The monoisotopic (exact) mass is 401 g/mol. The van der Waals surface area contributed by atoms with Gasteiger partial charge in [0.15, 0.2) is 5.96 Å². The van der Waals surface area contributed by atoms with E-state index in [0.29, 0.717) is 23.0 Å². The molecule has 2 N–H and O–H groups in total. The Hall–Kier alpha value is -2.78. The molecule has 0 aliphatic carbocycles. The van der Waals surface area contributed by atoms with Gasteiger partial charge in [-0.25, -0.2) is 4.99 Å². The van der Waals surface area contributed by atoms with Crippen LogP contribution in [0.2, 0.25) is 0 Å². The highest BCUT2D eigenvalue weighted by Crippen LogP contribution is 2.15. The lowest BCUT2D eigenvalue weighted by atomic mass is 10.1. The molecule has 0 aliphatic rings. The summed E-state index contributed by atoms with van der Waals surface area (Å²) in [5, 5.41) is 5.65. The predicted molar refractivity (Wildman–Crippen MR) is 101 cm³/mol. The van der Waals surface area contributed by atoms with Crippen molar-refractivity contribution in [1.82, 2.24) is 20.4 Å². The molecule has 0 fully saturated rings. The fourth-order valence-corrected chi connectivity index (χ4v) is 2.17. The van der Waals surface area contributed by atoms with Crippen LogP contribution in [-0.4, -0.2) is 74.5 Å². The summed E-state index contributed by atoms with van der Waals surface area (Å²) in [5.41, 5.74) is 1.40. The smallest absolute Gasteiger partial charge is 0.357 e. The maximum atomic E-state index is 12.3. The number of rotatable bonds is 7. The van der Waals surface area contributed by atoms with Gasteiger partial charge in [-0.05, 0) is 24.6 Å². The first kappa shape index (κ1) is 23.3. The van der Waals surface area contributed by atoms with Gasteiger partial charge in [0, 0.05) is 33.3 Å². The summed E-state index contributed by atoms with van der Waals surface area (Å²) < 4.78 is 37.0. The van der Waals surface area contributed by atoms with Crippen LogP contribution in [0.5, 0.6) is 0 Å². The molecule has 1 rings (SSSR count). The highest BCUT2D eigenvalue weighted by atomic mass is 19.4. The molecule has 10 heteroatoms. The summed E-state index contributed by atoms with van der Waals surface area (Å²) in [7, 11) is 4.43. The molecular weight excluding hydrogens is 375 g/mol. The maximum Gasteiger partial charge on any atom is 0.406 e. The standard InChI is InChI=1S/C18H26F3N5O2/c1-5-22-17(24-11-15(27)26(4)12-18(19,20)21)23-10-13-6-8-14(9-7-13)16(28)25(2)3/h6-9H,5,10-12H2,1-4H3,(H2,22,23,24). The van der Waals surface area contributed by atoms with Gasteiger partial charge in [-0.15, -0.1) is 0 Å². The van der Waals surface area contributed by atoms with Crippen LogP contribution in [0, 0.1) is 0 Å². The third-order valence-corrected chi connectivity index (χ3v) is 3.62. The van der Waals surface area contributed by atoms with Crippen molar-refractivity contribution >= 4 is 17.8 Å². The van der Waals surface area contributed by atoms with Crippen LogP contribution in [0.25, 0.3) is 0 Å². The van der Waals surface area contributed by atoms with E-state index in [0.717, 1.165) is 12.6 Å². The van der Waals surface area contributed by atoms with Gasteiger partial charge in [0.05, 0.1) is 13.1 Å². The first-order valence-corrected chi connectivity index (χ1v) is 8.67. The molecule has 0 aliphatic heterocycles. The number of aliphatic imine (C=N–C) groups is 1. The Morgan fingerprint density at radius 3 is 2.18 bits per heavy atom. The third kappa shape index (κ3) is 8.28. The summed E-state index contributed by atoms with van der Waals surface area (Å²) in [5.74, 6) is -0.495. The molecule has 7 nitrogen and oxygen atoms in total. The molecule has 0 atom stereocenters. The van der Waals surface area contributed by atoms with E-state index in [-0.39, 0.29) is 19.0 Å². The maximum absolute atomic E-state index is 12.3. The Kier molecular flexibility index (Phi) is 8.75. The van der Waals surface area contributed by atoms with Gasteiger partial charge in [0.25, 0.3) is 5.91 Å². The second-order valence-corrected chi connectivity index (χ2v) is 6.31. The van der Waals surface area contributed by atoms with E-state index in [1.165, 1.54) is 4.90 Å². The number of guanidine groups is 1. The van der Waals surface area contributed by atoms with Crippen molar-refractivity contribution in [2.75, 3.05) is 40.8 Å². The van der Waals surface area contributed by atoms with E-state index in [1.807, 2.05) is 6.92 Å². The molecule has 1 aromatic rings. The summed E-state index contributed by atoms with van der Waals surface area (Å²) >= 11 is 0. The van der Waals surface area contributed by atoms with Crippen LogP contribution in [0.3, 0.4) is 0 Å². The van der Waals surface area contributed by atoms with Crippen molar-refractivity contribution in [3.8, 4) is 0 Å². The Morgan fingerprint density at radius 2 is 1.68 bits per heavy atom. The normalized spacial score (nSPS) is 11.8. The molecule has 28 heavy (non-hydrogen) atoms. The van der Waals surface area contributed by atoms with Crippen LogP contribution in [-0.2, 0) is 11.3 Å². The lowest BCUT2D eigenvalue weighted by Gasteiger charge is -2.20. The number of hydrogen-bond acceptors (Lipinski definition) is 3. The topological polar surface area (TPSA) is 77.0 Å². The van der Waals surface area contributed by atoms with E-state index in [1.54, 1.807) is 38.4 Å². The van der Waals surface area contributed by atoms with Gasteiger partial charge in [-0.1, -0.05) is 12.1 Å². The van der Waals surface area contributed by atoms with E-state index in [4.69, 9.17) is 0 Å². The largest absolute Gasteiger partial charge is 0.406 e. The van der Waals surface area contributed by atoms with Crippen molar-refractivity contribution in [3.05, 3.63) is 35.4 Å². The average molecular weight is 401 g/mol. The molecular formula is C18H26F3N5O2. The lowest BCUT2D eigenvalue weighted by Crippen LogP contribution is -2.45. The molecule has 2 amide bonds. The van der Waals surface area contributed by atoms with Crippen molar-refractivity contribution in [1.29, 1.82) is 0 Å². The molecule has 156 valence electrons. The molecule has 0 spiro atoms. The van der Waals surface area contributed by atoms with Crippen molar-refractivity contribution in [2.24, 2.45) is 4.99 Å². The second kappa shape index (κ2) is 10.5. The molecule has 1 aromatic carbocycles. The lowest BCUT2D eigenvalue weighted by molar-refractivity contribution is -0.157. The zero-order valence-corrected chi connectivity index (χ0v) is 16.4. The van der Waals surface area contributed by atoms with Crippen molar-refractivity contribution in [2.45, 2.75) is 19.6 Å². The molecule has 0 bridgehead atoms. The molecule has 0 radical (unpaired) electrons. The fourth-order valence-electron chi connectivity index (χ4n) is 2.17. The fraction of sp³-hybridized carbons (Fsp3) is 0.500. The summed E-state index contributed by atoms with van der Waals surface area (Å²) in [4.78, 5) is 30.1. The number of halogens is 3. The molecule has 0 saturated carbocycles. The minimum atomic E-state index is -4.44. The number of benzene rings is 1. The Morgan fingerprint density at radius 1 is 1.07 bits per heavy atom. The number of alkyl halides is 3. The number of carbonyl (C=O) groups is 2. The van der Waals surface area contributed by atoms with Crippen LogP contribution in [0.4, 0.5) is 13.2 Å². The van der Waals surface area contributed by atoms with E-state index < -0.39 is 18.6 Å². The van der Waals surface area contributed by atoms with Gasteiger partial charge in [-0.3, -0.25) is 9.59 Å². The van der Waals surface area contributed by atoms with Gasteiger partial charge in [0.2, 0.25) is 5.91 Å². The number of nitrogens with zero attached hydrogens (tertiary/aromatic N) is 3. The molecule has 0 unspecified atom stereocenters. The third-order valence-electron chi connectivity index (χ3n) is 3.62. The van der Waals surface area contributed by atoms with E-state index >= 15 is 0 Å². The molecule has 0 saturated heterocycles. The van der Waals surface area contributed by atoms with Crippen LogP contribution in [0.1, 0.15) is 22.8 Å². The van der Waals surface area contributed by atoms with Crippen molar-refractivity contribution in [3.63, 3.8) is 0 Å². The number of amides is 2. The number of likely N-dealkylation sites (N-methyl/N-ethyl adjacent to an activating group) is 1. The van der Waals surface area contributed by atoms with Crippen LogP contribution >= 0.6 is 0 Å². The van der Waals surface area contributed by atoms with Gasteiger partial charge >= 0.3 is 6.18 Å². The van der Waals surface area contributed by atoms with Gasteiger partial charge in [0.1, 0.15) is 6.54 Å². The summed E-state index contributed by atoms with van der Waals surface area (Å²) in [6.45, 7) is 1.01. The van der Waals surface area contributed by atoms with Crippen LogP contribution < -0.4 is 10.6 Å². The Labute approximate surface area is 162 Å². The first-order chi connectivity index (χ1) is 13.0. The SMILES string of the molecule is CCNC(=NCc1ccc(C(=O)N(C)C)cc1)NCC(=O)N(C)CC(F)(F)F. The second-order valence-electron chi connectivity index (χ2n) is 6.31. The Balaban J connectivity index is 2.66. The molecule has 0 aromatic heterocycles. The predicted octanol–water partition coefficient (Wildman–Crippen LogP) is 1.46. The average Bonchev–Trinajstić information content (AvgIpc) is 2.62. The van der Waals surface area contributed by atoms with Gasteiger partial charge in [-0.2, -0.15) is 13.2 Å². The summed E-state index contributed by atoms with van der Waals surface area (Å²) in [6, 6.07) is 6.93. The number of hydrogen-bond donors (Lipinski definition) is 2. The van der Waals surface area contributed by atoms with E-state index in [9.17, 15) is 22.8 Å².